The van der Waals surface area contributed by atoms with Gasteiger partial charge in [0.25, 0.3) is 5.91 Å². The number of piperidine rings is 1. The number of aryl methyl sites for hydroxylation is 2. The first kappa shape index (κ1) is 23.3. The first-order valence-electron chi connectivity index (χ1n) is 12.7. The van der Waals surface area contributed by atoms with Crippen molar-refractivity contribution in [1.29, 1.82) is 0 Å². The standard InChI is InChI=1S/C27H33N5O3/c1-17-8-9-18(2)23(14-17)30-25-21(15-28-24-22(27(34)35)16-29-32(24)25)26(33)31-12-10-20(11-13-31)19-6-4-3-5-7-19/h8-9,14-16,19-20,30H,3-7,10-13H2,1-2H3,(H,34,35). The van der Waals surface area contributed by atoms with Gasteiger partial charge in [0.2, 0.25) is 0 Å². The number of aromatic carboxylic acids is 1. The first-order chi connectivity index (χ1) is 16.9. The highest BCUT2D eigenvalue weighted by Gasteiger charge is 2.31. The van der Waals surface area contributed by atoms with Crippen LogP contribution in [0.25, 0.3) is 5.65 Å². The van der Waals surface area contributed by atoms with Crippen LogP contribution in [0.4, 0.5) is 11.5 Å². The second kappa shape index (κ2) is 9.68. The van der Waals surface area contributed by atoms with Crippen molar-refractivity contribution in [3.63, 3.8) is 0 Å². The number of hydrogen-bond acceptors (Lipinski definition) is 5. The van der Waals surface area contributed by atoms with Gasteiger partial charge in [-0.25, -0.2) is 9.78 Å². The van der Waals surface area contributed by atoms with Crippen molar-refractivity contribution in [2.45, 2.75) is 58.8 Å². The Bertz CT molecular complexity index is 1250. The Kier molecular flexibility index (Phi) is 6.45. The lowest BCUT2D eigenvalue weighted by Crippen LogP contribution is -2.40. The molecule has 1 aromatic carbocycles. The predicted molar refractivity (Wildman–Crippen MR) is 134 cm³/mol. The molecule has 3 heterocycles. The van der Waals surface area contributed by atoms with Crippen molar-refractivity contribution < 1.29 is 14.7 Å². The summed E-state index contributed by atoms with van der Waals surface area (Å²) in [7, 11) is 0. The molecule has 1 aliphatic heterocycles. The fourth-order valence-electron chi connectivity index (χ4n) is 5.71. The van der Waals surface area contributed by atoms with Gasteiger partial charge in [-0.05, 0) is 55.7 Å². The van der Waals surface area contributed by atoms with Crippen LogP contribution in [-0.2, 0) is 0 Å². The number of carbonyl (C=O) groups excluding carboxylic acids is 1. The van der Waals surface area contributed by atoms with Crippen LogP contribution in [0.2, 0.25) is 0 Å². The number of nitrogens with one attached hydrogen (secondary N) is 1. The van der Waals surface area contributed by atoms with Gasteiger partial charge in [0, 0.05) is 25.0 Å². The second-order valence-corrected chi connectivity index (χ2v) is 10.1. The minimum Gasteiger partial charge on any atom is -0.477 e. The molecule has 8 nitrogen and oxygen atoms in total. The Morgan fingerprint density at radius 3 is 2.40 bits per heavy atom. The summed E-state index contributed by atoms with van der Waals surface area (Å²) < 4.78 is 1.44. The highest BCUT2D eigenvalue weighted by Crippen LogP contribution is 2.36. The lowest BCUT2D eigenvalue weighted by Gasteiger charge is -2.37. The average Bonchev–Trinajstić information content (AvgIpc) is 3.32. The number of carboxylic acids is 1. The molecule has 0 atom stereocenters. The number of amides is 1. The lowest BCUT2D eigenvalue weighted by atomic mass is 9.76. The molecule has 2 aliphatic rings. The molecule has 0 bridgehead atoms. The normalized spacial score (nSPS) is 17.6. The number of carbonyl (C=O) groups is 2. The number of carboxylic acid groups (broad SMARTS) is 1. The van der Waals surface area contributed by atoms with Crippen molar-refractivity contribution in [2.75, 3.05) is 18.4 Å². The highest BCUT2D eigenvalue weighted by atomic mass is 16.4. The van der Waals surface area contributed by atoms with E-state index >= 15 is 0 Å². The third-order valence-electron chi connectivity index (χ3n) is 7.78. The van der Waals surface area contributed by atoms with Gasteiger partial charge >= 0.3 is 5.97 Å². The van der Waals surface area contributed by atoms with Gasteiger partial charge < -0.3 is 15.3 Å². The zero-order valence-corrected chi connectivity index (χ0v) is 20.5. The number of aromatic nitrogens is 3. The first-order valence-corrected chi connectivity index (χ1v) is 12.7. The largest absolute Gasteiger partial charge is 0.477 e. The van der Waals surface area contributed by atoms with E-state index in [1.165, 1.54) is 49.0 Å². The molecular formula is C27H33N5O3. The maximum absolute atomic E-state index is 13.7. The predicted octanol–water partition coefficient (Wildman–Crippen LogP) is 5.22. The average molecular weight is 476 g/mol. The van der Waals surface area contributed by atoms with Crippen molar-refractivity contribution in [2.24, 2.45) is 11.8 Å². The molecule has 2 N–H and O–H groups in total. The number of likely N-dealkylation sites (tertiary alicyclic amines) is 1. The van der Waals surface area contributed by atoms with E-state index in [2.05, 4.69) is 15.4 Å². The number of nitrogens with zero attached hydrogens (tertiary/aromatic N) is 4. The third kappa shape index (κ3) is 4.61. The summed E-state index contributed by atoms with van der Waals surface area (Å²) in [6, 6.07) is 6.05. The Morgan fingerprint density at radius 1 is 0.971 bits per heavy atom. The fourth-order valence-corrected chi connectivity index (χ4v) is 5.71. The van der Waals surface area contributed by atoms with Gasteiger partial charge in [-0.3, -0.25) is 4.79 Å². The zero-order valence-electron chi connectivity index (χ0n) is 20.5. The molecule has 3 aromatic rings. The molecule has 1 saturated heterocycles. The van der Waals surface area contributed by atoms with E-state index in [-0.39, 0.29) is 17.1 Å². The summed E-state index contributed by atoms with van der Waals surface area (Å²) in [5, 5.41) is 17.2. The summed E-state index contributed by atoms with van der Waals surface area (Å²) >= 11 is 0. The summed E-state index contributed by atoms with van der Waals surface area (Å²) in [4.78, 5) is 31.7. The Morgan fingerprint density at radius 2 is 1.69 bits per heavy atom. The Labute approximate surface area is 205 Å². The van der Waals surface area contributed by atoms with E-state index in [4.69, 9.17) is 0 Å². The maximum Gasteiger partial charge on any atom is 0.341 e. The van der Waals surface area contributed by atoms with E-state index in [0.29, 0.717) is 17.3 Å². The van der Waals surface area contributed by atoms with E-state index in [1.54, 1.807) is 0 Å². The molecule has 1 aliphatic carbocycles. The van der Waals surface area contributed by atoms with Crippen LogP contribution in [0.15, 0.2) is 30.6 Å². The SMILES string of the molecule is Cc1ccc(C)c(Nc2c(C(=O)N3CCC(C4CCCCC4)CC3)cnc3c(C(=O)O)cnn23)c1. The minimum atomic E-state index is -1.10. The molecule has 0 spiro atoms. The fraction of sp³-hybridized carbons (Fsp3) is 0.481. The summed E-state index contributed by atoms with van der Waals surface area (Å²) in [5.74, 6) is 0.752. The number of anilines is 2. The van der Waals surface area contributed by atoms with Gasteiger partial charge in [0.05, 0.1) is 6.20 Å². The van der Waals surface area contributed by atoms with Crippen LogP contribution < -0.4 is 5.32 Å². The Balaban J connectivity index is 1.46. The van der Waals surface area contributed by atoms with Gasteiger partial charge in [0.15, 0.2) is 5.65 Å². The van der Waals surface area contributed by atoms with Crippen molar-refractivity contribution in [3.8, 4) is 0 Å². The summed E-state index contributed by atoms with van der Waals surface area (Å²) in [5.41, 5.74) is 3.54. The van der Waals surface area contributed by atoms with Crippen molar-refractivity contribution in [1.82, 2.24) is 19.5 Å². The molecule has 184 valence electrons. The second-order valence-electron chi connectivity index (χ2n) is 10.1. The maximum atomic E-state index is 13.7. The van der Waals surface area contributed by atoms with Crippen LogP contribution in [0, 0.1) is 25.7 Å². The number of hydrogen-bond donors (Lipinski definition) is 2. The molecule has 2 fully saturated rings. The minimum absolute atomic E-state index is 0.00121. The molecule has 8 heteroatoms. The van der Waals surface area contributed by atoms with E-state index in [0.717, 1.165) is 48.7 Å². The van der Waals surface area contributed by atoms with Crippen LogP contribution in [0.1, 0.15) is 76.8 Å². The van der Waals surface area contributed by atoms with Crippen molar-refractivity contribution in [3.05, 3.63) is 52.8 Å². The molecule has 1 amide bonds. The van der Waals surface area contributed by atoms with Crippen LogP contribution in [0.5, 0.6) is 0 Å². The van der Waals surface area contributed by atoms with Gasteiger partial charge in [-0.1, -0.05) is 44.2 Å². The molecular weight excluding hydrogens is 442 g/mol. The zero-order chi connectivity index (χ0) is 24.5. The molecule has 2 aromatic heterocycles. The molecule has 0 radical (unpaired) electrons. The molecule has 35 heavy (non-hydrogen) atoms. The van der Waals surface area contributed by atoms with Crippen LogP contribution in [-0.4, -0.2) is 49.6 Å². The summed E-state index contributed by atoms with van der Waals surface area (Å²) in [6.45, 7) is 5.47. The molecule has 5 rings (SSSR count). The smallest absolute Gasteiger partial charge is 0.341 e. The molecule has 0 unspecified atom stereocenters. The monoisotopic (exact) mass is 475 g/mol. The van der Waals surface area contributed by atoms with E-state index < -0.39 is 5.97 Å². The van der Waals surface area contributed by atoms with Gasteiger partial charge in [0.1, 0.15) is 16.9 Å². The number of benzene rings is 1. The van der Waals surface area contributed by atoms with Gasteiger partial charge in [-0.2, -0.15) is 9.61 Å². The van der Waals surface area contributed by atoms with Crippen LogP contribution >= 0.6 is 0 Å². The lowest BCUT2D eigenvalue weighted by molar-refractivity contribution is 0.0637. The topological polar surface area (TPSA) is 99.8 Å². The van der Waals surface area contributed by atoms with E-state index in [9.17, 15) is 14.7 Å². The third-order valence-corrected chi connectivity index (χ3v) is 7.78. The Hall–Kier alpha value is -3.42. The number of fused-ring (bicyclic) bond motifs is 1. The number of rotatable bonds is 5. The highest BCUT2D eigenvalue weighted by molar-refractivity contribution is 6.01. The van der Waals surface area contributed by atoms with E-state index in [1.807, 2.05) is 36.9 Å². The van der Waals surface area contributed by atoms with Crippen molar-refractivity contribution >= 4 is 29.0 Å². The summed E-state index contributed by atoms with van der Waals surface area (Å²) in [6.07, 6.45) is 11.5. The van der Waals surface area contributed by atoms with Crippen LogP contribution in [0.3, 0.4) is 0 Å². The molecule has 1 saturated carbocycles. The quantitative estimate of drug-likeness (QED) is 0.525. The van der Waals surface area contributed by atoms with Gasteiger partial charge in [-0.15, -0.1) is 0 Å².